The molecule has 2 aliphatic heterocycles. The minimum absolute atomic E-state index is 0.0166. The van der Waals surface area contributed by atoms with E-state index in [1.807, 2.05) is 38.1 Å². The number of hydrogen-bond acceptors (Lipinski definition) is 11. The number of nitrogens with two attached hydrogens (primary N) is 1. The number of carbonyl (C=O) groups is 7. The lowest BCUT2D eigenvalue weighted by Crippen LogP contribution is -2.41. The number of aliphatic imine (C=N–C) groups is 1. The molecule has 17 heteroatoms. The highest BCUT2D eigenvalue weighted by Gasteiger charge is 2.39. The molecule has 376 valence electrons. The van der Waals surface area contributed by atoms with Crippen LogP contribution in [0.3, 0.4) is 0 Å². The molecule has 0 aromatic heterocycles. The maximum atomic E-state index is 12.9. The lowest BCUT2D eigenvalue weighted by Gasteiger charge is -2.25. The predicted octanol–water partition coefficient (Wildman–Crippen LogP) is 9.15. The van der Waals surface area contributed by atoms with Gasteiger partial charge in [-0.15, -0.1) is 0 Å². The van der Waals surface area contributed by atoms with Crippen LogP contribution in [-0.2, 0) is 50.2 Å². The van der Waals surface area contributed by atoms with E-state index in [0.29, 0.717) is 90.7 Å². The molecule has 0 bridgehead atoms. The number of anilines is 1. The minimum Gasteiger partial charge on any atom is -0.334 e. The normalized spacial score (nSPS) is 17.3. The van der Waals surface area contributed by atoms with Crippen molar-refractivity contribution in [2.45, 2.75) is 124 Å². The van der Waals surface area contributed by atoms with Crippen LogP contribution < -0.4 is 16.4 Å². The summed E-state index contributed by atoms with van der Waals surface area (Å²) in [4.78, 5) is 104. The number of urea groups is 1. The summed E-state index contributed by atoms with van der Waals surface area (Å²) in [5.41, 5.74) is 13.4. The van der Waals surface area contributed by atoms with Crippen molar-refractivity contribution in [2.24, 2.45) is 10.7 Å². The zero-order valence-electron chi connectivity index (χ0n) is 41.1. The van der Waals surface area contributed by atoms with E-state index in [1.54, 1.807) is 58.3 Å². The molecular formula is C54H63Cl2N7O8. The number of hydrogen-bond donors (Lipinski definition) is 3. The molecule has 2 fully saturated rings. The molecule has 2 heterocycles. The Morgan fingerprint density at radius 2 is 1.20 bits per heavy atom. The van der Waals surface area contributed by atoms with E-state index in [0.717, 1.165) is 33.4 Å². The Bertz CT molecular complexity index is 2680. The Balaban J connectivity index is 0.000000204. The average Bonchev–Trinajstić information content (AvgIpc) is 3.71. The second-order valence-corrected chi connectivity index (χ2v) is 18.6. The fourth-order valence-corrected chi connectivity index (χ4v) is 9.06. The summed E-state index contributed by atoms with van der Waals surface area (Å²) in [6.45, 7) is 15.4. The van der Waals surface area contributed by atoms with E-state index in [4.69, 9.17) is 28.9 Å². The first-order valence-electron chi connectivity index (χ1n) is 24.0. The number of aryl methyl sites for hydroxylation is 2. The van der Waals surface area contributed by atoms with Crippen LogP contribution in [0.4, 0.5) is 16.2 Å². The molecule has 15 nitrogen and oxygen atoms in total. The van der Waals surface area contributed by atoms with Gasteiger partial charge in [-0.05, 0) is 129 Å². The van der Waals surface area contributed by atoms with Crippen molar-refractivity contribution in [3.63, 3.8) is 0 Å². The van der Waals surface area contributed by atoms with Gasteiger partial charge in [0.2, 0.25) is 6.08 Å². The van der Waals surface area contributed by atoms with Gasteiger partial charge in [-0.25, -0.2) is 9.59 Å². The number of fused-ring (bicyclic) bond motifs is 2. The van der Waals surface area contributed by atoms with Crippen molar-refractivity contribution in [1.82, 2.24) is 20.0 Å². The second kappa shape index (κ2) is 26.7. The van der Waals surface area contributed by atoms with Crippen molar-refractivity contribution in [3.05, 3.63) is 127 Å². The van der Waals surface area contributed by atoms with Gasteiger partial charge in [0.25, 0.3) is 11.8 Å². The number of nitrogens with one attached hydrogen (secondary N) is 2. The van der Waals surface area contributed by atoms with E-state index in [9.17, 15) is 38.4 Å². The Labute approximate surface area is 425 Å². The zero-order valence-corrected chi connectivity index (χ0v) is 42.6. The number of isocyanates is 1. The third kappa shape index (κ3) is 15.3. The van der Waals surface area contributed by atoms with Crippen molar-refractivity contribution in [2.75, 3.05) is 25.0 Å². The second-order valence-electron chi connectivity index (χ2n) is 17.8. The monoisotopic (exact) mass is 1010 g/mol. The van der Waals surface area contributed by atoms with E-state index in [-0.39, 0.29) is 60.4 Å². The Morgan fingerprint density at radius 3 is 1.66 bits per heavy atom. The standard InChI is InChI=1S/C24H24ClN3O4.C16H18N2O3.C8H6ClNO.C6H15N/c1-14-5-7-17(10-20(14)25)27-24(32)26-12-15-6-8-19-16(9-15)13-28(23(19)31)21-4-2-3-18(29)11-22(21)30;17-8-10-4-5-13-11(6-10)9-18(16(13)21)14-3-1-2-12(19)7-15(14)20;1-6-2-3-7(10-5-11)4-8(6)9;1-4-7(5-2)6-3/h5-10,21H,2-4,11-13H2,1H3,(H2,26,27,32);4-6,14H,1-3,7-9,17H2;2-4H,1H3;4-6H2,1-3H3/t21-;14-;;/m00../s1. The molecule has 2 aliphatic carbocycles. The number of halogens is 2. The molecule has 4 aromatic carbocycles. The van der Waals surface area contributed by atoms with Gasteiger partial charge in [0, 0.05) is 65.9 Å². The molecule has 8 rings (SSSR count). The average molecular weight is 1010 g/mol. The van der Waals surface area contributed by atoms with Crippen LogP contribution in [0.2, 0.25) is 10.0 Å². The number of amides is 4. The van der Waals surface area contributed by atoms with Gasteiger partial charge >= 0.3 is 6.03 Å². The molecule has 4 N–H and O–H groups in total. The van der Waals surface area contributed by atoms with E-state index < -0.39 is 12.1 Å². The molecule has 0 radical (unpaired) electrons. The van der Waals surface area contributed by atoms with E-state index >= 15 is 0 Å². The molecule has 2 saturated carbocycles. The lowest BCUT2D eigenvalue weighted by molar-refractivity contribution is -0.130. The summed E-state index contributed by atoms with van der Waals surface area (Å²) in [6, 6.07) is 20.0. The molecular weight excluding hydrogens is 946 g/mol. The summed E-state index contributed by atoms with van der Waals surface area (Å²) in [7, 11) is 0. The molecule has 4 aromatic rings. The lowest BCUT2D eigenvalue weighted by atomic mass is 10.1. The highest BCUT2D eigenvalue weighted by Crippen LogP contribution is 2.31. The number of nitrogens with zero attached hydrogens (tertiary/aromatic N) is 4. The molecule has 2 atom stereocenters. The van der Waals surface area contributed by atoms with Gasteiger partial charge in [-0.2, -0.15) is 4.99 Å². The Morgan fingerprint density at radius 1 is 0.704 bits per heavy atom. The summed E-state index contributed by atoms with van der Waals surface area (Å²) in [5.74, 6) is -0.665. The summed E-state index contributed by atoms with van der Waals surface area (Å²) >= 11 is 11.8. The van der Waals surface area contributed by atoms with Gasteiger partial charge in [-0.3, -0.25) is 28.8 Å². The van der Waals surface area contributed by atoms with Gasteiger partial charge in [0.05, 0.1) is 30.6 Å². The quantitative estimate of drug-likeness (QED) is 0.0594. The molecule has 4 aliphatic rings. The van der Waals surface area contributed by atoms with Crippen LogP contribution in [0.5, 0.6) is 0 Å². The highest BCUT2D eigenvalue weighted by atomic mass is 35.5. The number of Topliss-reactive ketones (excluding diaryl/α,β-unsaturated/α-hetero) is 4. The first-order valence-corrected chi connectivity index (χ1v) is 24.8. The zero-order chi connectivity index (χ0) is 51.8. The first kappa shape index (κ1) is 55.6. The fourth-order valence-electron chi connectivity index (χ4n) is 8.70. The largest absolute Gasteiger partial charge is 0.334 e. The smallest absolute Gasteiger partial charge is 0.319 e. The summed E-state index contributed by atoms with van der Waals surface area (Å²) in [5, 5.41) is 6.73. The van der Waals surface area contributed by atoms with Crippen molar-refractivity contribution in [1.29, 1.82) is 0 Å². The summed E-state index contributed by atoms with van der Waals surface area (Å²) < 4.78 is 0. The van der Waals surface area contributed by atoms with Crippen molar-refractivity contribution >= 4 is 81.6 Å². The molecule has 71 heavy (non-hydrogen) atoms. The number of ketones is 4. The molecule has 4 amide bonds. The Kier molecular flexibility index (Phi) is 20.9. The van der Waals surface area contributed by atoms with Crippen LogP contribution >= 0.6 is 23.2 Å². The maximum Gasteiger partial charge on any atom is 0.319 e. The van der Waals surface area contributed by atoms with Crippen LogP contribution in [0.1, 0.15) is 126 Å². The molecule has 0 saturated heterocycles. The van der Waals surface area contributed by atoms with Crippen LogP contribution in [-0.4, -0.2) is 93.5 Å². The minimum atomic E-state index is -0.546. The molecule has 0 spiro atoms. The fraction of sp³-hybridized carbons (Fsp3) is 0.407. The van der Waals surface area contributed by atoms with Crippen LogP contribution in [0.25, 0.3) is 0 Å². The van der Waals surface area contributed by atoms with Crippen molar-refractivity contribution in [3.8, 4) is 0 Å². The third-order valence-corrected chi connectivity index (χ3v) is 13.7. The van der Waals surface area contributed by atoms with Crippen molar-refractivity contribution < 1.29 is 38.4 Å². The predicted molar refractivity (Wildman–Crippen MR) is 275 cm³/mol. The molecule has 0 unspecified atom stereocenters. The SMILES string of the molecule is CCN(CC)CC.Cc1ccc(N=C=O)cc1Cl.Cc1ccc(NC(=O)NCc2ccc3c(c2)CN([C@H]2CCCC(=O)CC2=O)C3=O)cc1Cl.NCc1ccc2c(c1)CN([C@H]1CCCC(=O)CC1=O)C2=O. The van der Waals surface area contributed by atoms with Gasteiger partial charge < -0.3 is 31.1 Å². The van der Waals surface area contributed by atoms with E-state index in [2.05, 4.69) is 41.3 Å². The topological polar surface area (TPSA) is 209 Å². The van der Waals surface area contributed by atoms with E-state index in [1.165, 1.54) is 25.7 Å². The maximum absolute atomic E-state index is 12.9. The number of rotatable bonds is 10. The van der Waals surface area contributed by atoms with Crippen LogP contribution in [0.15, 0.2) is 77.8 Å². The van der Waals surface area contributed by atoms with Gasteiger partial charge in [0.15, 0.2) is 11.6 Å². The van der Waals surface area contributed by atoms with Gasteiger partial charge in [-0.1, -0.05) is 80.4 Å². The first-order chi connectivity index (χ1) is 34.0. The van der Waals surface area contributed by atoms with Crippen LogP contribution in [0, 0.1) is 13.8 Å². The van der Waals surface area contributed by atoms with Gasteiger partial charge in [0.1, 0.15) is 11.6 Å². The third-order valence-electron chi connectivity index (χ3n) is 12.9. The Hall–Kier alpha value is -6.35. The summed E-state index contributed by atoms with van der Waals surface area (Å²) in [6.07, 6.45) is 4.52. The number of benzene rings is 4. The highest BCUT2D eigenvalue weighted by molar-refractivity contribution is 6.32. The number of carbonyl (C=O) groups excluding carboxylic acids is 8.